The maximum absolute atomic E-state index is 12.1. The van der Waals surface area contributed by atoms with Crippen LogP contribution in [-0.2, 0) is 16.1 Å². The molecule has 8 heteroatoms. The summed E-state index contributed by atoms with van der Waals surface area (Å²) in [4.78, 5) is 16.5. The first-order chi connectivity index (χ1) is 18.5. The summed E-state index contributed by atoms with van der Waals surface area (Å²) in [7, 11) is 0. The van der Waals surface area contributed by atoms with E-state index >= 15 is 0 Å². The molecule has 0 unspecified atom stereocenters. The lowest BCUT2D eigenvalue weighted by Gasteiger charge is -2.19. The van der Waals surface area contributed by atoms with E-state index in [1.165, 1.54) is 0 Å². The van der Waals surface area contributed by atoms with Gasteiger partial charge in [0.05, 0.1) is 30.2 Å². The van der Waals surface area contributed by atoms with Crippen LogP contribution in [0.1, 0.15) is 48.4 Å². The molecule has 38 heavy (non-hydrogen) atoms. The molecule has 0 spiro atoms. The first-order valence-corrected chi connectivity index (χ1v) is 12.9. The molecule has 0 saturated carbocycles. The molecule has 0 bridgehead atoms. The predicted octanol–water partition coefficient (Wildman–Crippen LogP) is 4.79. The fraction of sp³-hybridized carbons (Fsp3) is 0.300. The van der Waals surface area contributed by atoms with Gasteiger partial charge >= 0.3 is 0 Å². The summed E-state index contributed by atoms with van der Waals surface area (Å²) >= 11 is 0. The van der Waals surface area contributed by atoms with Crippen LogP contribution in [0, 0.1) is 5.41 Å². The van der Waals surface area contributed by atoms with E-state index in [0.717, 1.165) is 16.8 Å². The van der Waals surface area contributed by atoms with Crippen molar-refractivity contribution in [3.8, 4) is 5.75 Å². The molecule has 1 aromatic heterocycles. The molecule has 0 aliphatic carbocycles. The van der Waals surface area contributed by atoms with Gasteiger partial charge in [0.15, 0.2) is 0 Å². The molecule has 2 aromatic carbocycles. The number of nitrogens with two attached hydrogens (primary N) is 1. The molecule has 2 heterocycles. The monoisotopic (exact) mass is 513 g/mol. The largest absolute Gasteiger partial charge is 0.489 e. The zero-order valence-corrected chi connectivity index (χ0v) is 21.7. The van der Waals surface area contributed by atoms with E-state index in [1.807, 2.05) is 73.7 Å². The van der Waals surface area contributed by atoms with Crippen molar-refractivity contribution in [2.24, 2.45) is 0 Å². The number of carbonyl (C=O) groups is 1. The van der Waals surface area contributed by atoms with Gasteiger partial charge in [0.1, 0.15) is 18.2 Å². The van der Waals surface area contributed by atoms with Crippen molar-refractivity contribution in [2.45, 2.75) is 38.8 Å². The summed E-state index contributed by atoms with van der Waals surface area (Å²) in [6.07, 6.45) is 7.43. The van der Waals surface area contributed by atoms with E-state index in [4.69, 9.17) is 20.6 Å². The Bertz CT molecular complexity index is 1280. The number of aromatic nitrogens is 1. The van der Waals surface area contributed by atoms with Crippen molar-refractivity contribution < 1.29 is 14.3 Å². The van der Waals surface area contributed by atoms with Crippen LogP contribution in [0.2, 0.25) is 0 Å². The predicted molar refractivity (Wildman–Crippen MR) is 152 cm³/mol. The van der Waals surface area contributed by atoms with Crippen LogP contribution in [0.4, 0.5) is 11.5 Å². The van der Waals surface area contributed by atoms with E-state index in [9.17, 15) is 4.79 Å². The Morgan fingerprint density at radius 1 is 1.18 bits per heavy atom. The molecule has 8 nitrogen and oxygen atoms in total. The smallest absolute Gasteiger partial charge is 0.222 e. The number of amides is 1. The second-order valence-corrected chi connectivity index (χ2v) is 9.26. The van der Waals surface area contributed by atoms with Crippen LogP contribution in [0.5, 0.6) is 5.75 Å². The Hall–Kier alpha value is -4.17. The Morgan fingerprint density at radius 3 is 2.87 bits per heavy atom. The standard InChI is InChI=1S/C30H35N5O3/c1-21-13-15-33-29-24(10-5-6-16-37-17-14-26(36)35-21)19-34-30(32)27(29)28(31)23-11-7-12-25(18-23)38-20-22-8-3-2-4-9-22/h2-5,7-12,18-19,21,31,33H,6,13-17,20H2,1H3,(H2,32,34)(H,35,36)/b10-5+,31-28?/t21-/m1/s1. The quantitative estimate of drug-likeness (QED) is 0.364. The van der Waals surface area contributed by atoms with Gasteiger partial charge in [-0.15, -0.1) is 0 Å². The minimum absolute atomic E-state index is 0.0142. The summed E-state index contributed by atoms with van der Waals surface area (Å²) in [6.45, 7) is 3.91. The molecule has 1 aliphatic rings. The van der Waals surface area contributed by atoms with Gasteiger partial charge in [-0.1, -0.05) is 54.6 Å². The fourth-order valence-electron chi connectivity index (χ4n) is 4.20. The number of rotatable bonds is 5. The first-order valence-electron chi connectivity index (χ1n) is 12.9. The highest BCUT2D eigenvalue weighted by Gasteiger charge is 2.19. The highest BCUT2D eigenvalue weighted by molar-refractivity contribution is 6.17. The molecule has 3 aromatic rings. The zero-order valence-electron chi connectivity index (χ0n) is 21.7. The molecule has 0 fully saturated rings. The van der Waals surface area contributed by atoms with Crippen molar-refractivity contribution in [2.75, 3.05) is 30.8 Å². The van der Waals surface area contributed by atoms with Gasteiger partial charge in [0.25, 0.3) is 0 Å². The van der Waals surface area contributed by atoms with Crippen LogP contribution in [-0.4, -0.2) is 42.4 Å². The molecule has 4 rings (SSSR count). The van der Waals surface area contributed by atoms with Crippen LogP contribution in [0.25, 0.3) is 6.08 Å². The van der Waals surface area contributed by atoms with Gasteiger partial charge in [-0.25, -0.2) is 4.98 Å². The summed E-state index contributed by atoms with van der Waals surface area (Å²) in [5, 5.41) is 15.6. The number of benzene rings is 2. The Morgan fingerprint density at radius 2 is 2.03 bits per heavy atom. The minimum Gasteiger partial charge on any atom is -0.489 e. The highest BCUT2D eigenvalue weighted by Crippen LogP contribution is 2.30. The van der Waals surface area contributed by atoms with E-state index in [2.05, 4.69) is 15.6 Å². The van der Waals surface area contributed by atoms with Gasteiger partial charge in [-0.3, -0.25) is 10.2 Å². The van der Waals surface area contributed by atoms with Crippen LogP contribution >= 0.6 is 0 Å². The number of hydrogen-bond acceptors (Lipinski definition) is 7. The molecule has 1 amide bonds. The SMILES string of the molecule is C[C@@H]1CCNc2c(cnc(N)c2C(=N)c2cccc(OCc3ccccc3)c2)/C=C/CCOCCC(=O)N1. The third-order valence-corrected chi connectivity index (χ3v) is 6.24. The minimum atomic E-state index is -0.0198. The van der Waals surface area contributed by atoms with Gasteiger partial charge in [0, 0.05) is 36.3 Å². The third kappa shape index (κ3) is 7.43. The number of anilines is 2. The molecular formula is C30H35N5O3. The van der Waals surface area contributed by atoms with E-state index in [-0.39, 0.29) is 23.5 Å². The molecule has 0 saturated heterocycles. The summed E-state index contributed by atoms with van der Waals surface area (Å²) in [5.74, 6) is 0.921. The van der Waals surface area contributed by atoms with Crippen molar-refractivity contribution in [3.63, 3.8) is 0 Å². The average molecular weight is 514 g/mol. The topological polar surface area (TPSA) is 122 Å². The number of pyridine rings is 1. The van der Waals surface area contributed by atoms with Crippen molar-refractivity contribution in [1.82, 2.24) is 10.3 Å². The maximum Gasteiger partial charge on any atom is 0.222 e. The number of nitrogen functional groups attached to an aromatic ring is 1. The Kier molecular flexibility index (Phi) is 9.48. The van der Waals surface area contributed by atoms with Gasteiger partial charge < -0.3 is 25.8 Å². The zero-order chi connectivity index (χ0) is 26.7. The number of nitrogens with zero attached hydrogens (tertiary/aromatic N) is 1. The summed E-state index contributed by atoms with van der Waals surface area (Å²) in [6, 6.07) is 17.4. The number of carbonyl (C=O) groups excluding carboxylic acids is 1. The highest BCUT2D eigenvalue weighted by atomic mass is 16.5. The Labute approximate surface area is 223 Å². The van der Waals surface area contributed by atoms with Crippen LogP contribution in [0.3, 0.4) is 0 Å². The summed E-state index contributed by atoms with van der Waals surface area (Å²) in [5.41, 5.74) is 10.5. The molecule has 1 atom stereocenters. The number of nitrogens with one attached hydrogen (secondary N) is 3. The molecule has 1 aliphatic heterocycles. The molecule has 5 N–H and O–H groups in total. The number of fused-ring (bicyclic) bond motifs is 1. The van der Waals surface area contributed by atoms with Crippen molar-refractivity contribution in [1.29, 1.82) is 5.41 Å². The van der Waals surface area contributed by atoms with Gasteiger partial charge in [0.2, 0.25) is 5.91 Å². The fourth-order valence-corrected chi connectivity index (χ4v) is 4.20. The lowest BCUT2D eigenvalue weighted by atomic mass is 9.98. The van der Waals surface area contributed by atoms with E-state index < -0.39 is 0 Å². The average Bonchev–Trinajstić information content (AvgIpc) is 2.93. The van der Waals surface area contributed by atoms with Crippen LogP contribution < -0.4 is 21.1 Å². The van der Waals surface area contributed by atoms with E-state index in [1.54, 1.807) is 6.20 Å². The maximum atomic E-state index is 12.1. The summed E-state index contributed by atoms with van der Waals surface area (Å²) < 4.78 is 11.6. The second kappa shape index (κ2) is 13.4. The Balaban J connectivity index is 1.60. The third-order valence-electron chi connectivity index (χ3n) is 6.24. The first kappa shape index (κ1) is 26.9. The lowest BCUT2D eigenvalue weighted by molar-refractivity contribution is -0.122. The normalized spacial score (nSPS) is 17.6. The molecular weight excluding hydrogens is 478 g/mol. The molecule has 0 radical (unpaired) electrons. The number of ether oxygens (including phenoxy) is 2. The lowest BCUT2D eigenvalue weighted by Crippen LogP contribution is -2.34. The van der Waals surface area contributed by atoms with Crippen molar-refractivity contribution in [3.05, 3.63) is 89.1 Å². The molecule has 198 valence electrons. The van der Waals surface area contributed by atoms with Gasteiger partial charge in [-0.2, -0.15) is 0 Å². The van der Waals surface area contributed by atoms with Crippen molar-refractivity contribution >= 4 is 29.2 Å². The van der Waals surface area contributed by atoms with Gasteiger partial charge in [-0.05, 0) is 37.5 Å². The second-order valence-electron chi connectivity index (χ2n) is 9.26. The van der Waals surface area contributed by atoms with Crippen LogP contribution in [0.15, 0.2) is 66.9 Å². The number of hydrogen-bond donors (Lipinski definition) is 4. The van der Waals surface area contributed by atoms with E-state index in [0.29, 0.717) is 62.5 Å².